The number of halogens is 1. The monoisotopic (exact) mass is 640 g/mol. The quantitative estimate of drug-likeness (QED) is 0.269. The highest BCUT2D eigenvalue weighted by atomic mass is 35.5. The Hall–Kier alpha value is -2.70. The molecule has 0 saturated carbocycles. The Morgan fingerprint density at radius 2 is 1.56 bits per heavy atom. The van der Waals surface area contributed by atoms with Gasteiger partial charge in [0.15, 0.2) is 0 Å². The van der Waals surface area contributed by atoms with E-state index >= 15 is 0 Å². The Morgan fingerprint density at radius 1 is 0.977 bits per heavy atom. The van der Waals surface area contributed by atoms with Crippen molar-refractivity contribution in [2.45, 2.75) is 77.5 Å². The Bertz CT molecular complexity index is 1250. The van der Waals surface area contributed by atoms with E-state index in [9.17, 15) is 23.1 Å². The average Bonchev–Trinajstić information content (AvgIpc) is 2.93. The van der Waals surface area contributed by atoms with Crippen LogP contribution in [0, 0.1) is 11.3 Å². The molecule has 43 heavy (non-hydrogen) atoms. The van der Waals surface area contributed by atoms with Crippen LogP contribution in [-0.4, -0.2) is 80.1 Å². The average molecular weight is 641 g/mol. The number of aliphatic hydroxyl groups is 1. The number of hydrazine groups is 1. The van der Waals surface area contributed by atoms with Crippen LogP contribution >= 0.6 is 12.4 Å². The molecule has 3 N–H and O–H groups in total. The largest absolute Gasteiger partial charge is 0.497 e. The van der Waals surface area contributed by atoms with Crippen LogP contribution in [0.5, 0.6) is 5.75 Å². The number of benzene rings is 2. The van der Waals surface area contributed by atoms with E-state index in [-0.39, 0.29) is 55.1 Å². The van der Waals surface area contributed by atoms with E-state index in [1.807, 2.05) is 65.0 Å². The number of rotatable bonds is 14. The lowest BCUT2D eigenvalue weighted by molar-refractivity contribution is -0.150. The van der Waals surface area contributed by atoms with Crippen molar-refractivity contribution < 1.29 is 27.9 Å². The molecule has 10 nitrogen and oxygen atoms in total. The van der Waals surface area contributed by atoms with E-state index in [2.05, 4.69) is 10.7 Å². The summed E-state index contributed by atoms with van der Waals surface area (Å²) in [4.78, 5) is 26.8. The van der Waals surface area contributed by atoms with Gasteiger partial charge in [0.1, 0.15) is 5.75 Å². The molecule has 2 aromatic carbocycles. The van der Waals surface area contributed by atoms with E-state index in [0.29, 0.717) is 5.75 Å². The Balaban J connectivity index is 0.00000924. The first-order valence-electron chi connectivity index (χ1n) is 14.2. The fourth-order valence-corrected chi connectivity index (χ4v) is 6.00. The minimum absolute atomic E-state index is 0. The molecule has 0 radical (unpaired) electrons. The zero-order valence-corrected chi connectivity index (χ0v) is 28.2. The zero-order valence-electron chi connectivity index (χ0n) is 26.5. The minimum atomic E-state index is -4.02. The molecular formula is C31H49ClN4O6S. The fraction of sp³-hybridized carbons (Fsp3) is 0.548. The van der Waals surface area contributed by atoms with Crippen molar-refractivity contribution in [3.63, 3.8) is 0 Å². The Morgan fingerprint density at radius 3 is 2.05 bits per heavy atom. The number of carbonyl (C=O) groups is 2. The highest BCUT2D eigenvalue weighted by molar-refractivity contribution is 7.89. The summed E-state index contributed by atoms with van der Waals surface area (Å²) in [5.41, 5.74) is 3.14. The lowest BCUT2D eigenvalue weighted by Crippen LogP contribution is -2.61. The number of amides is 2. The number of nitrogens with zero attached hydrogens (tertiary/aromatic N) is 2. The van der Waals surface area contributed by atoms with Gasteiger partial charge >= 0.3 is 0 Å². The van der Waals surface area contributed by atoms with Crippen molar-refractivity contribution >= 4 is 34.2 Å². The topological polar surface area (TPSA) is 128 Å². The summed E-state index contributed by atoms with van der Waals surface area (Å²) in [6, 6.07) is 13.8. The SMILES string of the molecule is CN[C@H](C)C(=O)NN(C(=O)CC(C)(C)C)[C@@H](Cc1ccccc1)[C@H](O)CN(CC(C)C)S(=O)(=O)c1ccc(OC)cc1.Cl. The summed E-state index contributed by atoms with van der Waals surface area (Å²) in [5.74, 6) is -0.359. The molecule has 0 aliphatic carbocycles. The molecule has 2 amide bonds. The summed E-state index contributed by atoms with van der Waals surface area (Å²) in [7, 11) is -0.886. The van der Waals surface area contributed by atoms with Gasteiger partial charge in [0, 0.05) is 19.5 Å². The number of nitrogens with one attached hydrogen (secondary N) is 2. The van der Waals surface area contributed by atoms with Crippen LogP contribution in [0.15, 0.2) is 59.5 Å². The van der Waals surface area contributed by atoms with Gasteiger partial charge in [-0.05, 0) is 61.6 Å². The first kappa shape index (κ1) is 38.3. The van der Waals surface area contributed by atoms with E-state index in [1.165, 1.54) is 28.6 Å². The van der Waals surface area contributed by atoms with Crippen LogP contribution in [0.25, 0.3) is 0 Å². The van der Waals surface area contributed by atoms with Gasteiger partial charge in [-0.15, -0.1) is 12.4 Å². The summed E-state index contributed by atoms with van der Waals surface area (Å²) < 4.78 is 34.0. The van der Waals surface area contributed by atoms with Crippen molar-refractivity contribution in [2.75, 3.05) is 27.2 Å². The summed E-state index contributed by atoms with van der Waals surface area (Å²) in [6.07, 6.45) is -1.06. The molecule has 0 bridgehead atoms. The number of hydrogen-bond donors (Lipinski definition) is 3. The minimum Gasteiger partial charge on any atom is -0.497 e. The number of carbonyl (C=O) groups excluding carboxylic acids is 2. The summed E-state index contributed by atoms with van der Waals surface area (Å²) >= 11 is 0. The fourth-order valence-electron chi connectivity index (χ4n) is 4.38. The van der Waals surface area contributed by atoms with E-state index < -0.39 is 39.5 Å². The molecule has 0 aromatic heterocycles. The number of aliphatic hydroxyl groups excluding tert-OH is 1. The molecule has 2 rings (SSSR count). The molecule has 242 valence electrons. The predicted molar refractivity (Wildman–Crippen MR) is 171 cm³/mol. The maximum atomic E-state index is 13.8. The molecule has 0 saturated heterocycles. The number of methoxy groups -OCH3 is 1. The second kappa shape index (κ2) is 17.0. The van der Waals surface area contributed by atoms with Gasteiger partial charge in [-0.3, -0.25) is 15.0 Å². The third-order valence-corrected chi connectivity index (χ3v) is 8.57. The normalized spacial score (nSPS) is 14.0. The van der Waals surface area contributed by atoms with Crippen molar-refractivity contribution in [2.24, 2.45) is 11.3 Å². The molecule has 2 aromatic rings. The molecule has 3 atom stereocenters. The van der Waals surface area contributed by atoms with Crippen LogP contribution in [0.2, 0.25) is 0 Å². The van der Waals surface area contributed by atoms with Crippen LogP contribution < -0.4 is 15.5 Å². The van der Waals surface area contributed by atoms with Crippen LogP contribution in [0.3, 0.4) is 0 Å². The lowest BCUT2D eigenvalue weighted by Gasteiger charge is -2.38. The van der Waals surface area contributed by atoms with Gasteiger partial charge in [0.05, 0.1) is 30.2 Å². The van der Waals surface area contributed by atoms with Crippen molar-refractivity contribution in [1.82, 2.24) is 20.1 Å². The van der Waals surface area contributed by atoms with Gasteiger partial charge in [0.2, 0.25) is 15.9 Å². The molecule has 0 fully saturated rings. The second-order valence-electron chi connectivity index (χ2n) is 12.2. The third-order valence-electron chi connectivity index (χ3n) is 6.73. The number of likely N-dealkylation sites (N-methyl/N-ethyl adjacent to an activating group) is 1. The lowest BCUT2D eigenvalue weighted by atomic mass is 9.91. The standard InChI is InChI=1S/C31H48N4O6S.ClH/c1-22(2)20-34(42(39,40)26-16-14-25(41-8)15-17-26)21-28(36)27(18-24-12-10-9-11-13-24)35(29(37)19-31(4,5)6)33-30(38)23(3)32-7;/h9-17,22-23,27-28,32,36H,18-21H2,1-8H3,(H,33,38);1H/t23-,27+,28-;/m1./s1. The number of sulfonamides is 1. The maximum absolute atomic E-state index is 13.8. The van der Waals surface area contributed by atoms with Crippen LogP contribution in [-0.2, 0) is 26.0 Å². The van der Waals surface area contributed by atoms with Crippen molar-refractivity contribution in [3.05, 3.63) is 60.2 Å². The molecule has 0 unspecified atom stereocenters. The Labute approximate surface area is 263 Å². The van der Waals surface area contributed by atoms with E-state index in [4.69, 9.17) is 4.74 Å². The number of hydrogen-bond acceptors (Lipinski definition) is 7. The van der Waals surface area contributed by atoms with Gasteiger partial charge in [-0.25, -0.2) is 13.4 Å². The van der Waals surface area contributed by atoms with Gasteiger partial charge in [0.25, 0.3) is 5.91 Å². The third kappa shape index (κ3) is 11.7. The number of ether oxygens (including phenoxy) is 1. The molecule has 0 aliphatic rings. The first-order chi connectivity index (χ1) is 19.6. The van der Waals surface area contributed by atoms with E-state index in [1.54, 1.807) is 26.1 Å². The molecular weight excluding hydrogens is 592 g/mol. The summed E-state index contributed by atoms with van der Waals surface area (Å²) in [6.45, 7) is 11.0. The van der Waals surface area contributed by atoms with E-state index in [0.717, 1.165) is 5.56 Å². The maximum Gasteiger partial charge on any atom is 0.255 e. The highest BCUT2D eigenvalue weighted by Gasteiger charge is 2.37. The molecule has 0 heterocycles. The predicted octanol–water partition coefficient (Wildman–Crippen LogP) is 3.64. The van der Waals surface area contributed by atoms with Crippen molar-refractivity contribution in [1.29, 1.82) is 0 Å². The van der Waals surface area contributed by atoms with Crippen molar-refractivity contribution in [3.8, 4) is 5.75 Å². The second-order valence-corrected chi connectivity index (χ2v) is 14.1. The first-order valence-corrected chi connectivity index (χ1v) is 15.7. The van der Waals surface area contributed by atoms with Gasteiger partial charge < -0.3 is 15.2 Å². The van der Waals surface area contributed by atoms with Gasteiger partial charge in [-0.2, -0.15) is 4.31 Å². The zero-order chi connectivity index (χ0) is 31.7. The van der Waals surface area contributed by atoms with Gasteiger partial charge in [-0.1, -0.05) is 65.0 Å². The van der Waals surface area contributed by atoms with Crippen LogP contribution in [0.1, 0.15) is 53.5 Å². The van der Waals surface area contributed by atoms with Crippen LogP contribution in [0.4, 0.5) is 0 Å². The molecule has 12 heteroatoms. The highest BCUT2D eigenvalue weighted by Crippen LogP contribution is 2.25. The molecule has 0 aliphatic heterocycles. The molecule has 0 spiro atoms. The smallest absolute Gasteiger partial charge is 0.255 e. The Kier molecular flexibility index (Phi) is 15.1. The summed E-state index contributed by atoms with van der Waals surface area (Å²) in [5, 5.41) is 15.9.